The van der Waals surface area contributed by atoms with Gasteiger partial charge in [0.25, 0.3) is 5.91 Å². The molecule has 10 heteroatoms. The Morgan fingerprint density at radius 1 is 1.25 bits per heavy atom. The lowest BCUT2D eigenvalue weighted by Crippen LogP contribution is -2.32. The minimum absolute atomic E-state index is 0.0174. The number of carbonyl (C=O) groups excluding carboxylic acids is 1. The second-order valence-corrected chi connectivity index (χ2v) is 6.63. The normalized spacial score (nSPS) is 16.6. The van der Waals surface area contributed by atoms with Crippen LogP contribution in [0.1, 0.15) is 28.6 Å². The number of amides is 1. The lowest BCUT2D eigenvalue weighted by Gasteiger charge is -2.25. The summed E-state index contributed by atoms with van der Waals surface area (Å²) >= 11 is 0. The maximum atomic E-state index is 12.9. The van der Waals surface area contributed by atoms with Crippen LogP contribution in [0.25, 0.3) is 11.3 Å². The fourth-order valence-corrected chi connectivity index (χ4v) is 3.25. The van der Waals surface area contributed by atoms with Gasteiger partial charge in [-0.3, -0.25) is 9.89 Å². The first kappa shape index (κ1) is 18.2. The fourth-order valence-electron chi connectivity index (χ4n) is 3.25. The van der Waals surface area contributed by atoms with Crippen molar-refractivity contribution in [2.75, 3.05) is 0 Å². The first-order valence-electron chi connectivity index (χ1n) is 8.78. The van der Waals surface area contributed by atoms with Crippen LogP contribution in [-0.4, -0.2) is 37.0 Å². The quantitative estimate of drug-likeness (QED) is 0.717. The van der Waals surface area contributed by atoms with E-state index in [0.717, 1.165) is 5.56 Å². The van der Waals surface area contributed by atoms with Crippen molar-refractivity contribution in [1.82, 2.24) is 30.3 Å². The SMILES string of the molecule is O=C(NCc1nnc2n1CC[C@@H](C(F)(F)F)C2)c1cc(-c2ccccc2)n[nH]1. The predicted octanol–water partition coefficient (Wildman–Crippen LogP) is 2.72. The Morgan fingerprint density at radius 2 is 2.04 bits per heavy atom. The van der Waals surface area contributed by atoms with Gasteiger partial charge in [0.05, 0.1) is 18.2 Å². The van der Waals surface area contributed by atoms with Crippen molar-refractivity contribution in [2.45, 2.75) is 32.1 Å². The van der Waals surface area contributed by atoms with Gasteiger partial charge in [0.1, 0.15) is 11.5 Å². The van der Waals surface area contributed by atoms with Crippen LogP contribution < -0.4 is 5.32 Å². The molecule has 1 aliphatic rings. The van der Waals surface area contributed by atoms with Gasteiger partial charge in [-0.05, 0) is 12.5 Å². The summed E-state index contributed by atoms with van der Waals surface area (Å²) in [6, 6.07) is 11.0. The summed E-state index contributed by atoms with van der Waals surface area (Å²) in [7, 11) is 0. The van der Waals surface area contributed by atoms with E-state index in [0.29, 0.717) is 17.3 Å². The van der Waals surface area contributed by atoms with Crippen LogP contribution in [0, 0.1) is 5.92 Å². The molecule has 1 aromatic carbocycles. The molecule has 146 valence electrons. The molecule has 3 heterocycles. The molecule has 28 heavy (non-hydrogen) atoms. The average molecular weight is 390 g/mol. The number of hydrogen-bond donors (Lipinski definition) is 2. The Balaban J connectivity index is 1.40. The number of hydrogen-bond acceptors (Lipinski definition) is 4. The van der Waals surface area contributed by atoms with Crippen molar-refractivity contribution in [3.8, 4) is 11.3 Å². The molecule has 2 aromatic heterocycles. The lowest BCUT2D eigenvalue weighted by molar-refractivity contribution is -0.179. The maximum Gasteiger partial charge on any atom is 0.392 e. The van der Waals surface area contributed by atoms with Crippen molar-refractivity contribution >= 4 is 5.91 Å². The van der Waals surface area contributed by atoms with Crippen LogP contribution in [0.5, 0.6) is 0 Å². The summed E-state index contributed by atoms with van der Waals surface area (Å²) in [5.41, 5.74) is 1.81. The number of halogens is 3. The smallest absolute Gasteiger partial charge is 0.343 e. The van der Waals surface area contributed by atoms with Gasteiger partial charge in [-0.15, -0.1) is 10.2 Å². The molecular formula is C18H17F3N6O. The molecule has 4 rings (SSSR count). The number of fused-ring (bicyclic) bond motifs is 1. The molecule has 7 nitrogen and oxygen atoms in total. The number of H-pyrrole nitrogens is 1. The molecule has 0 spiro atoms. The van der Waals surface area contributed by atoms with E-state index >= 15 is 0 Å². The third kappa shape index (κ3) is 3.62. The Hall–Kier alpha value is -3.17. The summed E-state index contributed by atoms with van der Waals surface area (Å²) in [5, 5.41) is 17.3. The van der Waals surface area contributed by atoms with Gasteiger partial charge in [-0.2, -0.15) is 18.3 Å². The van der Waals surface area contributed by atoms with Gasteiger partial charge in [-0.25, -0.2) is 0 Å². The molecular weight excluding hydrogens is 373 g/mol. The van der Waals surface area contributed by atoms with Crippen LogP contribution in [0.15, 0.2) is 36.4 Å². The highest BCUT2D eigenvalue weighted by Crippen LogP contribution is 2.34. The van der Waals surface area contributed by atoms with Gasteiger partial charge in [0.15, 0.2) is 5.82 Å². The highest BCUT2D eigenvalue weighted by atomic mass is 19.4. The van der Waals surface area contributed by atoms with E-state index in [1.165, 1.54) is 0 Å². The van der Waals surface area contributed by atoms with E-state index in [1.54, 1.807) is 10.6 Å². The number of aromatic nitrogens is 5. The summed E-state index contributed by atoms with van der Waals surface area (Å²) in [5.74, 6) is -1.04. The number of rotatable bonds is 4. The van der Waals surface area contributed by atoms with E-state index in [2.05, 4.69) is 25.7 Å². The third-order valence-corrected chi connectivity index (χ3v) is 4.80. The number of aromatic amines is 1. The minimum Gasteiger partial charge on any atom is -0.343 e. The topological polar surface area (TPSA) is 88.5 Å². The summed E-state index contributed by atoms with van der Waals surface area (Å²) in [6.45, 7) is 0.252. The first-order chi connectivity index (χ1) is 13.4. The van der Waals surface area contributed by atoms with Crippen molar-refractivity contribution in [3.63, 3.8) is 0 Å². The van der Waals surface area contributed by atoms with Gasteiger partial charge >= 0.3 is 6.18 Å². The standard InChI is InChI=1S/C18H17F3N6O/c19-18(20,21)12-6-7-27-15(8-12)25-26-16(27)10-22-17(28)14-9-13(23-24-14)11-4-2-1-3-5-11/h1-5,9,12H,6-8,10H2,(H,22,28)(H,23,24)/t12-/m1/s1. The molecule has 0 saturated heterocycles. The summed E-state index contributed by atoms with van der Waals surface area (Å²) < 4.78 is 40.3. The molecule has 0 unspecified atom stereocenters. The highest BCUT2D eigenvalue weighted by molar-refractivity contribution is 5.93. The zero-order chi connectivity index (χ0) is 19.7. The van der Waals surface area contributed by atoms with Crippen molar-refractivity contribution in [1.29, 1.82) is 0 Å². The van der Waals surface area contributed by atoms with Gasteiger partial charge in [0.2, 0.25) is 0 Å². The van der Waals surface area contributed by atoms with Crippen LogP contribution >= 0.6 is 0 Å². The largest absolute Gasteiger partial charge is 0.392 e. The molecule has 1 atom stereocenters. The summed E-state index contributed by atoms with van der Waals surface area (Å²) in [6.07, 6.45) is -4.44. The number of alkyl halides is 3. The molecule has 2 N–H and O–H groups in total. The van der Waals surface area contributed by atoms with E-state index in [9.17, 15) is 18.0 Å². The van der Waals surface area contributed by atoms with Gasteiger partial charge in [0, 0.05) is 18.5 Å². The number of carbonyl (C=O) groups is 1. The van der Waals surface area contributed by atoms with Crippen LogP contribution in [0.3, 0.4) is 0 Å². The molecule has 1 amide bonds. The molecule has 0 bridgehead atoms. The molecule has 0 radical (unpaired) electrons. The van der Waals surface area contributed by atoms with Crippen molar-refractivity contribution in [3.05, 3.63) is 53.7 Å². The third-order valence-electron chi connectivity index (χ3n) is 4.80. The maximum absolute atomic E-state index is 12.9. The zero-order valence-corrected chi connectivity index (χ0v) is 14.7. The Labute approximate surface area is 158 Å². The fraction of sp³-hybridized carbons (Fsp3) is 0.333. The Bertz CT molecular complexity index is 979. The summed E-state index contributed by atoms with van der Waals surface area (Å²) in [4.78, 5) is 12.3. The predicted molar refractivity (Wildman–Crippen MR) is 93.1 cm³/mol. The van der Waals surface area contributed by atoms with Crippen LogP contribution in [0.2, 0.25) is 0 Å². The van der Waals surface area contributed by atoms with Gasteiger partial charge in [-0.1, -0.05) is 30.3 Å². The van der Waals surface area contributed by atoms with E-state index in [1.807, 2.05) is 30.3 Å². The van der Waals surface area contributed by atoms with E-state index < -0.39 is 12.1 Å². The highest BCUT2D eigenvalue weighted by Gasteiger charge is 2.42. The number of nitrogens with one attached hydrogen (secondary N) is 2. The molecule has 3 aromatic rings. The average Bonchev–Trinajstić information content (AvgIpc) is 3.33. The second kappa shape index (κ2) is 7.10. The molecule has 1 aliphatic heterocycles. The zero-order valence-electron chi connectivity index (χ0n) is 14.7. The number of nitrogens with zero attached hydrogens (tertiary/aromatic N) is 4. The van der Waals surface area contributed by atoms with Crippen molar-refractivity contribution < 1.29 is 18.0 Å². The molecule has 0 aliphatic carbocycles. The van der Waals surface area contributed by atoms with Crippen LogP contribution in [-0.2, 0) is 19.5 Å². The van der Waals surface area contributed by atoms with Crippen LogP contribution in [0.4, 0.5) is 13.2 Å². The molecule has 0 saturated carbocycles. The van der Waals surface area contributed by atoms with E-state index in [4.69, 9.17) is 0 Å². The number of benzene rings is 1. The first-order valence-corrected chi connectivity index (χ1v) is 8.78. The monoisotopic (exact) mass is 390 g/mol. The minimum atomic E-state index is -4.23. The molecule has 0 fully saturated rings. The van der Waals surface area contributed by atoms with E-state index in [-0.39, 0.29) is 37.5 Å². The Kier molecular flexibility index (Phi) is 4.62. The lowest BCUT2D eigenvalue weighted by atomic mass is 9.97. The second-order valence-electron chi connectivity index (χ2n) is 6.63. The van der Waals surface area contributed by atoms with Crippen molar-refractivity contribution in [2.24, 2.45) is 5.92 Å². The Morgan fingerprint density at radius 3 is 2.79 bits per heavy atom. The van der Waals surface area contributed by atoms with Gasteiger partial charge < -0.3 is 9.88 Å².